The maximum Gasteiger partial charge on any atom is 0.249 e. The van der Waals surface area contributed by atoms with Crippen molar-refractivity contribution in [1.29, 1.82) is 0 Å². The molecule has 0 saturated carbocycles. The Balaban J connectivity index is 0.00000144. The Morgan fingerprint density at radius 1 is 1.38 bits per heavy atom. The predicted molar refractivity (Wildman–Crippen MR) is 101 cm³/mol. The molecule has 1 fully saturated rings. The number of benzene rings is 1. The molecule has 0 spiro atoms. The summed E-state index contributed by atoms with van der Waals surface area (Å²) in [6.07, 6.45) is 2.45. The van der Waals surface area contributed by atoms with Crippen LogP contribution in [0.15, 0.2) is 24.3 Å². The summed E-state index contributed by atoms with van der Waals surface area (Å²) in [5, 5.41) is 3.03. The summed E-state index contributed by atoms with van der Waals surface area (Å²) in [6, 6.07) is 8.77. The molecule has 7 heteroatoms. The fourth-order valence-corrected chi connectivity index (χ4v) is 3.37. The third-order valence-electron chi connectivity index (χ3n) is 4.69. The first kappa shape index (κ1) is 21.0. The van der Waals surface area contributed by atoms with Crippen LogP contribution in [0.5, 0.6) is 0 Å². The number of nitrogens with two attached hydrogens (primary N) is 1. The second kappa shape index (κ2) is 9.47. The molecule has 3 N–H and O–H groups in total. The second-order valence-electron chi connectivity index (χ2n) is 6.23. The van der Waals surface area contributed by atoms with Gasteiger partial charge in [-0.05, 0) is 37.8 Å². The zero-order valence-corrected chi connectivity index (χ0v) is 15.6. The van der Waals surface area contributed by atoms with Crippen molar-refractivity contribution in [2.45, 2.75) is 44.4 Å². The fraction of sp³-hybridized carbons (Fsp3) is 0.588. The molecule has 2 aliphatic rings. The lowest BCUT2D eigenvalue weighted by Gasteiger charge is -2.28. The molecule has 24 heavy (non-hydrogen) atoms. The molecule has 5 nitrogen and oxygen atoms in total. The lowest BCUT2D eigenvalue weighted by atomic mass is 10.1. The average molecular weight is 376 g/mol. The van der Waals surface area contributed by atoms with E-state index in [1.54, 1.807) is 0 Å². The van der Waals surface area contributed by atoms with Crippen LogP contribution >= 0.6 is 24.8 Å². The van der Waals surface area contributed by atoms with Crippen LogP contribution in [0, 0.1) is 0 Å². The highest BCUT2D eigenvalue weighted by Gasteiger charge is 2.30. The minimum atomic E-state index is -0.327. The van der Waals surface area contributed by atoms with Crippen LogP contribution in [-0.4, -0.2) is 43.8 Å². The summed E-state index contributed by atoms with van der Waals surface area (Å²) in [7, 11) is 0. The van der Waals surface area contributed by atoms with Gasteiger partial charge in [0.2, 0.25) is 5.91 Å². The number of ether oxygens (including phenoxy) is 1. The summed E-state index contributed by atoms with van der Waals surface area (Å²) in [4.78, 5) is 14.5. The molecular formula is C17H27Cl2N3O2. The first-order valence-electron chi connectivity index (χ1n) is 8.17. The molecule has 0 bridgehead atoms. The van der Waals surface area contributed by atoms with Gasteiger partial charge in [0.05, 0.1) is 6.10 Å². The molecule has 1 aromatic rings. The lowest BCUT2D eigenvalue weighted by molar-refractivity contribution is -0.131. The molecule has 2 heterocycles. The van der Waals surface area contributed by atoms with Crippen molar-refractivity contribution in [3.05, 3.63) is 29.8 Å². The highest BCUT2D eigenvalue weighted by atomic mass is 35.5. The van der Waals surface area contributed by atoms with Crippen molar-refractivity contribution < 1.29 is 9.53 Å². The lowest BCUT2D eigenvalue weighted by Crippen LogP contribution is -2.44. The maximum atomic E-state index is 12.2. The average Bonchev–Trinajstić information content (AvgIpc) is 3.18. The van der Waals surface area contributed by atoms with Gasteiger partial charge in [0, 0.05) is 31.4 Å². The maximum absolute atomic E-state index is 12.2. The number of rotatable bonds is 5. The molecule has 2 aliphatic heterocycles. The molecule has 1 amide bonds. The number of amides is 1. The van der Waals surface area contributed by atoms with E-state index in [9.17, 15) is 4.79 Å². The Kier molecular flexibility index (Phi) is 8.30. The highest BCUT2D eigenvalue weighted by Crippen LogP contribution is 2.29. The van der Waals surface area contributed by atoms with Crippen LogP contribution in [0.3, 0.4) is 0 Å². The van der Waals surface area contributed by atoms with Gasteiger partial charge in [0.15, 0.2) is 0 Å². The van der Waals surface area contributed by atoms with Gasteiger partial charge in [0.25, 0.3) is 0 Å². The molecule has 1 aromatic carbocycles. The number of anilines is 1. The number of carbonyl (C=O) groups excluding carboxylic acids is 1. The Morgan fingerprint density at radius 2 is 2.12 bits per heavy atom. The number of hydrogen-bond donors (Lipinski definition) is 2. The molecular weight excluding hydrogens is 349 g/mol. The number of nitrogens with one attached hydrogen (secondary N) is 1. The van der Waals surface area contributed by atoms with E-state index >= 15 is 0 Å². The monoisotopic (exact) mass is 375 g/mol. The summed E-state index contributed by atoms with van der Waals surface area (Å²) < 4.78 is 5.64. The van der Waals surface area contributed by atoms with Crippen molar-refractivity contribution >= 4 is 36.4 Å². The van der Waals surface area contributed by atoms with Crippen molar-refractivity contribution in [3.63, 3.8) is 0 Å². The van der Waals surface area contributed by atoms with Crippen molar-refractivity contribution in [2.75, 3.05) is 24.5 Å². The summed E-state index contributed by atoms with van der Waals surface area (Å²) in [6.45, 7) is 4.30. The van der Waals surface area contributed by atoms with Gasteiger partial charge < -0.3 is 20.7 Å². The van der Waals surface area contributed by atoms with E-state index in [0.717, 1.165) is 25.8 Å². The highest BCUT2D eigenvalue weighted by molar-refractivity contribution is 5.85. The van der Waals surface area contributed by atoms with Crippen LogP contribution in [0.25, 0.3) is 0 Å². The van der Waals surface area contributed by atoms with Gasteiger partial charge in [-0.3, -0.25) is 4.79 Å². The zero-order chi connectivity index (χ0) is 15.5. The van der Waals surface area contributed by atoms with E-state index in [1.165, 1.54) is 11.3 Å². The van der Waals surface area contributed by atoms with Crippen molar-refractivity contribution in [3.8, 4) is 0 Å². The topological polar surface area (TPSA) is 67.6 Å². The third kappa shape index (κ3) is 4.54. The normalized spacial score (nSPS) is 23.0. The number of hydrogen-bond acceptors (Lipinski definition) is 4. The molecule has 0 radical (unpaired) electrons. The van der Waals surface area contributed by atoms with Gasteiger partial charge in [-0.15, -0.1) is 24.8 Å². The molecule has 1 saturated heterocycles. The van der Waals surface area contributed by atoms with Crippen LogP contribution in [0.1, 0.15) is 25.3 Å². The van der Waals surface area contributed by atoms with Crippen LogP contribution < -0.4 is 16.0 Å². The molecule has 0 aliphatic carbocycles. The molecule has 3 atom stereocenters. The second-order valence-corrected chi connectivity index (χ2v) is 6.23. The number of para-hydroxylation sites is 1. The van der Waals surface area contributed by atoms with Gasteiger partial charge in [0.1, 0.15) is 6.10 Å². The minimum absolute atomic E-state index is 0. The third-order valence-corrected chi connectivity index (χ3v) is 4.69. The van der Waals surface area contributed by atoms with Crippen molar-refractivity contribution in [2.24, 2.45) is 5.73 Å². The van der Waals surface area contributed by atoms with Gasteiger partial charge >= 0.3 is 0 Å². The summed E-state index contributed by atoms with van der Waals surface area (Å²) in [5.74, 6) is -0.00437. The van der Waals surface area contributed by atoms with Crippen LogP contribution in [-0.2, 0) is 16.0 Å². The first-order chi connectivity index (χ1) is 10.7. The van der Waals surface area contributed by atoms with E-state index < -0.39 is 0 Å². The van der Waals surface area contributed by atoms with Crippen molar-refractivity contribution in [1.82, 2.24) is 5.32 Å². The summed E-state index contributed by atoms with van der Waals surface area (Å²) in [5.41, 5.74) is 8.27. The van der Waals surface area contributed by atoms with E-state index in [2.05, 4.69) is 41.4 Å². The van der Waals surface area contributed by atoms with E-state index in [1.807, 2.05) is 0 Å². The predicted octanol–water partition coefficient (Wildman–Crippen LogP) is 1.90. The SMILES string of the molecule is CC(CNC(=O)[C@@H]1CC[C@H](CN)O1)N1CCc2ccccc21.Cl.Cl. The quantitative estimate of drug-likeness (QED) is 0.824. The van der Waals surface area contributed by atoms with E-state index in [0.29, 0.717) is 13.1 Å². The first-order valence-corrected chi connectivity index (χ1v) is 8.17. The van der Waals surface area contributed by atoms with Gasteiger partial charge in [-0.25, -0.2) is 0 Å². The Morgan fingerprint density at radius 3 is 2.83 bits per heavy atom. The molecule has 136 valence electrons. The number of halogens is 2. The zero-order valence-electron chi connectivity index (χ0n) is 13.9. The number of carbonyl (C=O) groups is 1. The summed E-state index contributed by atoms with van der Waals surface area (Å²) >= 11 is 0. The van der Waals surface area contributed by atoms with Gasteiger partial charge in [-0.1, -0.05) is 18.2 Å². The van der Waals surface area contributed by atoms with Crippen LogP contribution in [0.2, 0.25) is 0 Å². The largest absolute Gasteiger partial charge is 0.366 e. The smallest absolute Gasteiger partial charge is 0.249 e. The minimum Gasteiger partial charge on any atom is -0.366 e. The Labute approximate surface area is 156 Å². The van der Waals surface area contributed by atoms with E-state index in [-0.39, 0.29) is 49.0 Å². The number of fused-ring (bicyclic) bond motifs is 1. The molecule has 1 unspecified atom stereocenters. The van der Waals surface area contributed by atoms with Crippen LogP contribution in [0.4, 0.5) is 5.69 Å². The Bertz CT molecular complexity index is 544. The standard InChI is InChI=1S/C17H25N3O2.2ClH/c1-12(20-9-8-13-4-2-3-5-15(13)20)11-19-17(21)16-7-6-14(10-18)22-16;;/h2-5,12,14,16H,6-11,18H2,1H3,(H,19,21);2*1H/t12?,14-,16+;;/m1../s1. The Hall–Kier alpha value is -1.01. The van der Waals surface area contributed by atoms with Gasteiger partial charge in [-0.2, -0.15) is 0 Å². The molecule has 0 aromatic heterocycles. The number of nitrogens with zero attached hydrogens (tertiary/aromatic N) is 1. The molecule has 3 rings (SSSR count). The fourth-order valence-electron chi connectivity index (χ4n) is 3.37. The van der Waals surface area contributed by atoms with E-state index in [4.69, 9.17) is 10.5 Å².